The zero-order valence-corrected chi connectivity index (χ0v) is 10.5. The van der Waals surface area contributed by atoms with Crippen LogP contribution in [-0.4, -0.2) is 50.6 Å². The molecule has 0 aliphatic rings. The molecule has 0 saturated heterocycles. The molecule has 0 aromatic carbocycles. The van der Waals surface area contributed by atoms with Crippen LogP contribution in [0.2, 0.25) is 4.68 Å². The van der Waals surface area contributed by atoms with Crippen LogP contribution in [0.4, 0.5) is 0 Å². The molecule has 0 nitrogen and oxygen atoms in total. The SMILES string of the molecule is [CH3][In]/[CH]=C\[CH]=[In]. The molecular formula is C4H6In2. The summed E-state index contributed by atoms with van der Waals surface area (Å²) >= 11 is 1.14. The van der Waals surface area contributed by atoms with E-state index < -0.39 is 0 Å². The molecule has 0 heterocycles. The summed E-state index contributed by atoms with van der Waals surface area (Å²) in [7, 11) is 0. The van der Waals surface area contributed by atoms with E-state index in [4.69, 9.17) is 0 Å². The van der Waals surface area contributed by atoms with Gasteiger partial charge < -0.3 is 0 Å². The Bertz CT molecular complexity index is 56.6. The molecule has 0 aliphatic carbocycles. The summed E-state index contributed by atoms with van der Waals surface area (Å²) < 4.78 is 6.89. The molecule has 0 fully saturated rings. The van der Waals surface area contributed by atoms with Gasteiger partial charge in [-0.05, 0) is 0 Å². The fourth-order valence-electron chi connectivity index (χ4n) is 0.175. The van der Waals surface area contributed by atoms with Crippen molar-refractivity contribution in [3.63, 3.8) is 0 Å². The molecule has 0 saturated carbocycles. The Hall–Kier alpha value is 1.35. The fraction of sp³-hybridized carbons (Fsp3) is 0.250. The third-order valence-corrected chi connectivity index (χ3v) is 2.78. The zero-order valence-electron chi connectivity index (χ0n) is 3.89. The van der Waals surface area contributed by atoms with E-state index in [2.05, 4.69) is 18.3 Å². The van der Waals surface area contributed by atoms with E-state index in [0.29, 0.717) is 0 Å². The van der Waals surface area contributed by atoms with E-state index in [0.717, 1.165) is 0 Å². The maximum atomic E-state index is 2.35. The molecule has 0 bridgehead atoms. The number of hydrogen-bond donors (Lipinski definition) is 0. The van der Waals surface area contributed by atoms with Gasteiger partial charge in [0.1, 0.15) is 0 Å². The summed E-state index contributed by atoms with van der Waals surface area (Å²) in [6.07, 6.45) is 2.20. The van der Waals surface area contributed by atoms with Gasteiger partial charge in [-0.1, -0.05) is 0 Å². The van der Waals surface area contributed by atoms with Crippen molar-refractivity contribution in [2.45, 2.75) is 4.68 Å². The Morgan fingerprint density at radius 2 is 2.33 bits per heavy atom. The summed E-state index contributed by atoms with van der Waals surface area (Å²) in [5.41, 5.74) is 0. The minimum absolute atomic E-state index is 0.138. The Kier molecular flexibility index (Phi) is 7.78. The van der Waals surface area contributed by atoms with Crippen LogP contribution in [-0.2, 0) is 0 Å². The van der Waals surface area contributed by atoms with Crippen LogP contribution in [0.3, 0.4) is 0 Å². The van der Waals surface area contributed by atoms with Gasteiger partial charge in [-0.3, -0.25) is 0 Å². The first kappa shape index (κ1) is 7.35. The second-order valence-corrected chi connectivity index (χ2v) is 5.01. The van der Waals surface area contributed by atoms with E-state index >= 15 is 0 Å². The van der Waals surface area contributed by atoms with E-state index in [1.54, 1.807) is 0 Å². The monoisotopic (exact) mass is 284 g/mol. The van der Waals surface area contributed by atoms with Gasteiger partial charge in [0.25, 0.3) is 0 Å². The third kappa shape index (κ3) is 5.35. The van der Waals surface area contributed by atoms with E-state index in [9.17, 15) is 0 Å². The number of hydrogen-bond acceptors (Lipinski definition) is 0. The summed E-state index contributed by atoms with van der Waals surface area (Å²) in [6, 6.07) is 0. The van der Waals surface area contributed by atoms with Gasteiger partial charge in [0.15, 0.2) is 0 Å². The summed E-state index contributed by atoms with van der Waals surface area (Å²) in [5.74, 6) is 0. The third-order valence-electron chi connectivity index (χ3n) is 0.415. The van der Waals surface area contributed by atoms with Gasteiger partial charge in [0, 0.05) is 0 Å². The maximum absolute atomic E-state index is 2.35. The van der Waals surface area contributed by atoms with Gasteiger partial charge in [-0.2, -0.15) is 0 Å². The normalized spacial score (nSPS) is 8.67. The molecule has 0 unspecified atom stereocenters. The first-order valence-corrected chi connectivity index (χ1v) is 9.01. The molecule has 0 aliphatic heterocycles. The Morgan fingerprint density at radius 3 is 2.50 bits per heavy atom. The van der Waals surface area contributed by atoms with Gasteiger partial charge in [-0.25, -0.2) is 0 Å². The molecule has 0 aromatic rings. The standard InChI is InChI=1S/C3H3.CH3.2In/c1-3-2;;;/h1-3H;1H3;;. The predicted molar refractivity (Wildman–Crippen MR) is 32.6 cm³/mol. The summed E-state index contributed by atoms with van der Waals surface area (Å²) in [4.78, 5) is 0. The van der Waals surface area contributed by atoms with Gasteiger partial charge in [-0.15, -0.1) is 0 Å². The van der Waals surface area contributed by atoms with Crippen LogP contribution in [0.15, 0.2) is 9.91 Å². The number of rotatable bonds is 2. The molecule has 0 atom stereocenters. The van der Waals surface area contributed by atoms with Crippen LogP contribution < -0.4 is 0 Å². The van der Waals surface area contributed by atoms with Crippen LogP contribution in [0, 0.1) is 0 Å². The van der Waals surface area contributed by atoms with Crippen molar-refractivity contribution in [3.05, 3.63) is 9.91 Å². The molecule has 0 N–H and O–H groups in total. The van der Waals surface area contributed by atoms with Gasteiger partial charge in [0.05, 0.1) is 0 Å². The second-order valence-electron chi connectivity index (χ2n) is 0.911. The zero-order chi connectivity index (χ0) is 4.83. The van der Waals surface area contributed by atoms with Crippen molar-refractivity contribution in [2.75, 3.05) is 0 Å². The van der Waals surface area contributed by atoms with E-state index in [1.807, 2.05) is 0 Å². The second kappa shape index (κ2) is 6.35. The molecule has 0 spiro atoms. The fourth-order valence-corrected chi connectivity index (χ4v) is 3.63. The van der Waals surface area contributed by atoms with Crippen molar-refractivity contribution in [2.24, 2.45) is 0 Å². The number of allylic oxidation sites excluding steroid dienone is 1. The topological polar surface area (TPSA) is 0 Å². The average Bonchev–Trinajstić information content (AvgIpc) is 1.61. The van der Waals surface area contributed by atoms with Crippen LogP contribution in [0.5, 0.6) is 0 Å². The molecule has 2 radical (unpaired) electrons. The Morgan fingerprint density at radius 1 is 1.67 bits per heavy atom. The minimum atomic E-state index is -0.138. The molecule has 0 aromatic heterocycles. The first-order valence-electron chi connectivity index (χ1n) is 1.91. The Balaban J connectivity index is 2.94. The molecule has 0 rings (SSSR count). The van der Waals surface area contributed by atoms with Crippen LogP contribution in [0.25, 0.3) is 0 Å². The quantitative estimate of drug-likeness (QED) is 0.680. The van der Waals surface area contributed by atoms with Crippen LogP contribution >= 0.6 is 0 Å². The Labute approximate surface area is 64.4 Å². The molecule has 2 heteroatoms. The first-order chi connectivity index (χ1) is 2.91. The molecule has 28 valence electrons. The molecular weight excluding hydrogens is 278 g/mol. The predicted octanol–water partition coefficient (Wildman–Crippen LogP) is 0.223. The van der Waals surface area contributed by atoms with Crippen molar-refractivity contribution in [1.82, 2.24) is 0 Å². The summed E-state index contributed by atoms with van der Waals surface area (Å²) in [5, 5.41) is 0. The summed E-state index contributed by atoms with van der Waals surface area (Å²) in [6.45, 7) is 0. The molecule has 6 heavy (non-hydrogen) atoms. The van der Waals surface area contributed by atoms with Gasteiger partial charge in [0.2, 0.25) is 0 Å². The van der Waals surface area contributed by atoms with Crippen molar-refractivity contribution < 1.29 is 0 Å². The van der Waals surface area contributed by atoms with E-state index in [-0.39, 0.29) is 22.9 Å². The average molecular weight is 284 g/mol. The molecule has 0 amide bonds. The van der Waals surface area contributed by atoms with Gasteiger partial charge >= 0.3 is 65.1 Å². The van der Waals surface area contributed by atoms with Crippen molar-refractivity contribution >= 4 is 50.6 Å². The van der Waals surface area contributed by atoms with E-state index in [1.165, 1.54) is 23.9 Å². The van der Waals surface area contributed by atoms with Crippen LogP contribution in [0.1, 0.15) is 0 Å². The van der Waals surface area contributed by atoms with Crippen molar-refractivity contribution in [3.8, 4) is 0 Å². The van der Waals surface area contributed by atoms with Crippen molar-refractivity contribution in [1.29, 1.82) is 0 Å².